The van der Waals surface area contributed by atoms with Crippen LogP contribution >= 0.6 is 11.8 Å². The van der Waals surface area contributed by atoms with E-state index < -0.39 is 6.23 Å². The van der Waals surface area contributed by atoms with E-state index in [1.165, 1.54) is 17.9 Å². The van der Waals surface area contributed by atoms with Gasteiger partial charge in [0.05, 0.1) is 12.9 Å². The molecule has 10 nitrogen and oxygen atoms in total. The largest absolute Gasteiger partial charge is 0.378 e. The number of nitrogens with two attached hydrogens (primary N) is 1. The number of thioether (sulfide) groups is 1. The average Bonchev–Trinajstić information content (AvgIpc) is 3.03. The standard InChI is InChI=1S/C15H20N8O2S/c1-18-13-11(14(25)19-2)23(8-21-13)7-10(24)22-15(17)26-12(16)9-3-5-20-6-4-9/h3-6,8,10,16,18,24H,7H2,1-2H3,(H2,17,22)(H,19,25). The van der Waals surface area contributed by atoms with Gasteiger partial charge in [0.25, 0.3) is 5.91 Å². The van der Waals surface area contributed by atoms with E-state index in [1.807, 2.05) is 0 Å². The zero-order chi connectivity index (χ0) is 19.1. The number of amides is 1. The number of aliphatic imine (C=N–C) groups is 1. The number of carbonyl (C=O) groups is 1. The van der Waals surface area contributed by atoms with Crippen LogP contribution in [0, 0.1) is 5.41 Å². The van der Waals surface area contributed by atoms with Gasteiger partial charge < -0.3 is 26.0 Å². The molecule has 0 saturated carbocycles. The fourth-order valence-corrected chi connectivity index (χ4v) is 2.75. The maximum atomic E-state index is 12.0. The van der Waals surface area contributed by atoms with Crippen LogP contribution in [-0.4, -0.2) is 56.1 Å². The fourth-order valence-electron chi connectivity index (χ4n) is 2.12. The molecule has 1 amide bonds. The molecule has 138 valence electrons. The molecule has 2 aromatic heterocycles. The van der Waals surface area contributed by atoms with Crippen molar-refractivity contribution in [1.82, 2.24) is 19.9 Å². The Balaban J connectivity index is 2.07. The number of nitrogens with one attached hydrogen (secondary N) is 3. The second-order valence-corrected chi connectivity index (χ2v) is 6.07. The van der Waals surface area contributed by atoms with Gasteiger partial charge in [0.2, 0.25) is 0 Å². The van der Waals surface area contributed by atoms with Crippen molar-refractivity contribution in [3.63, 3.8) is 0 Å². The number of aliphatic hydroxyl groups excluding tert-OH is 1. The van der Waals surface area contributed by atoms with E-state index in [-0.39, 0.29) is 28.4 Å². The van der Waals surface area contributed by atoms with Crippen molar-refractivity contribution < 1.29 is 9.90 Å². The minimum absolute atomic E-state index is 0.0126. The first kappa shape index (κ1) is 19.4. The van der Waals surface area contributed by atoms with Crippen LogP contribution in [0.15, 0.2) is 35.8 Å². The molecule has 0 bridgehead atoms. The highest BCUT2D eigenvalue weighted by Gasteiger charge is 2.19. The summed E-state index contributed by atoms with van der Waals surface area (Å²) in [5.74, 6) is 0.0483. The van der Waals surface area contributed by atoms with Crippen LogP contribution < -0.4 is 16.4 Å². The Kier molecular flexibility index (Phi) is 6.69. The average molecular weight is 376 g/mol. The van der Waals surface area contributed by atoms with Crippen molar-refractivity contribution >= 4 is 33.7 Å². The molecule has 1 atom stereocenters. The number of aliphatic hydroxyl groups is 1. The maximum Gasteiger partial charge on any atom is 0.271 e. The molecule has 26 heavy (non-hydrogen) atoms. The van der Waals surface area contributed by atoms with E-state index in [2.05, 4.69) is 25.6 Å². The number of nitrogens with zero attached hydrogens (tertiary/aromatic N) is 4. The number of hydrogen-bond donors (Lipinski definition) is 5. The zero-order valence-corrected chi connectivity index (χ0v) is 15.1. The quantitative estimate of drug-likeness (QED) is 0.353. The Labute approximate surface area is 154 Å². The molecule has 0 fully saturated rings. The molecule has 1 unspecified atom stereocenters. The molecule has 0 saturated heterocycles. The molecule has 0 aliphatic rings. The lowest BCUT2D eigenvalue weighted by atomic mass is 10.3. The Morgan fingerprint density at radius 1 is 1.46 bits per heavy atom. The van der Waals surface area contributed by atoms with Gasteiger partial charge in [-0.15, -0.1) is 0 Å². The van der Waals surface area contributed by atoms with Gasteiger partial charge in [0.15, 0.2) is 22.9 Å². The molecular weight excluding hydrogens is 356 g/mol. The van der Waals surface area contributed by atoms with Crippen LogP contribution in [0.4, 0.5) is 5.82 Å². The number of aromatic nitrogens is 3. The number of hydrogen-bond acceptors (Lipinski definition) is 8. The normalized spacial score (nSPS) is 12.5. The third kappa shape index (κ3) is 4.80. The first-order valence-corrected chi connectivity index (χ1v) is 8.41. The summed E-state index contributed by atoms with van der Waals surface area (Å²) < 4.78 is 1.48. The predicted molar refractivity (Wildman–Crippen MR) is 101 cm³/mol. The van der Waals surface area contributed by atoms with Gasteiger partial charge in [-0.1, -0.05) is 0 Å². The molecule has 0 aliphatic heterocycles. The number of rotatable bonds is 6. The first-order chi connectivity index (χ1) is 12.5. The lowest BCUT2D eigenvalue weighted by Crippen LogP contribution is -2.26. The summed E-state index contributed by atoms with van der Waals surface area (Å²) in [7, 11) is 3.15. The zero-order valence-electron chi connectivity index (χ0n) is 14.3. The van der Waals surface area contributed by atoms with Gasteiger partial charge in [-0.3, -0.25) is 15.2 Å². The van der Waals surface area contributed by atoms with Crippen LogP contribution in [-0.2, 0) is 6.54 Å². The number of carbonyl (C=O) groups excluding carboxylic acids is 1. The minimum atomic E-state index is -1.20. The van der Waals surface area contributed by atoms with E-state index in [0.717, 1.165) is 11.8 Å². The summed E-state index contributed by atoms with van der Waals surface area (Å²) in [6, 6.07) is 3.36. The van der Waals surface area contributed by atoms with Crippen LogP contribution in [0.25, 0.3) is 0 Å². The van der Waals surface area contributed by atoms with Gasteiger partial charge in [0.1, 0.15) is 5.04 Å². The summed E-state index contributed by atoms with van der Waals surface area (Å²) in [5, 5.41) is 23.7. The third-order valence-corrected chi connectivity index (χ3v) is 4.06. The van der Waals surface area contributed by atoms with Gasteiger partial charge in [-0.25, -0.2) is 9.98 Å². The van der Waals surface area contributed by atoms with Crippen molar-refractivity contribution in [3.8, 4) is 0 Å². The van der Waals surface area contributed by atoms with E-state index in [1.54, 1.807) is 31.6 Å². The SMILES string of the molecule is CNC(=O)c1c(NC)ncn1CC(O)N=C(N)SC(=N)c1ccncc1. The first-order valence-electron chi connectivity index (χ1n) is 7.59. The molecule has 2 heterocycles. The lowest BCUT2D eigenvalue weighted by Gasteiger charge is -2.12. The summed E-state index contributed by atoms with van der Waals surface area (Å²) in [6.45, 7) is -0.0126. The van der Waals surface area contributed by atoms with E-state index in [4.69, 9.17) is 11.1 Å². The topological polar surface area (TPSA) is 154 Å². The highest BCUT2D eigenvalue weighted by molar-refractivity contribution is 8.26. The third-order valence-electron chi connectivity index (χ3n) is 3.30. The highest BCUT2D eigenvalue weighted by Crippen LogP contribution is 2.15. The smallest absolute Gasteiger partial charge is 0.271 e. The molecule has 6 N–H and O–H groups in total. The Morgan fingerprint density at radius 2 is 2.15 bits per heavy atom. The Hall–Kier alpha value is -2.92. The van der Waals surface area contributed by atoms with Crippen molar-refractivity contribution in [1.29, 1.82) is 5.41 Å². The summed E-state index contributed by atoms with van der Waals surface area (Å²) in [4.78, 5) is 23.9. The molecule has 0 radical (unpaired) electrons. The Morgan fingerprint density at radius 3 is 2.77 bits per heavy atom. The highest BCUT2D eigenvalue weighted by atomic mass is 32.2. The fraction of sp³-hybridized carbons (Fsp3) is 0.267. The van der Waals surface area contributed by atoms with Gasteiger partial charge in [0, 0.05) is 32.1 Å². The Bertz CT molecular complexity index is 805. The van der Waals surface area contributed by atoms with Crippen molar-refractivity contribution in [2.45, 2.75) is 12.8 Å². The number of imidazole rings is 1. The molecule has 2 aromatic rings. The van der Waals surface area contributed by atoms with Gasteiger partial charge >= 0.3 is 0 Å². The van der Waals surface area contributed by atoms with E-state index in [0.29, 0.717) is 11.4 Å². The van der Waals surface area contributed by atoms with Crippen molar-refractivity contribution in [2.24, 2.45) is 10.7 Å². The maximum absolute atomic E-state index is 12.0. The van der Waals surface area contributed by atoms with Gasteiger partial charge in [-0.2, -0.15) is 0 Å². The van der Waals surface area contributed by atoms with Crippen molar-refractivity contribution in [2.75, 3.05) is 19.4 Å². The minimum Gasteiger partial charge on any atom is -0.378 e. The number of amidine groups is 1. The molecule has 0 spiro atoms. The van der Waals surface area contributed by atoms with E-state index >= 15 is 0 Å². The van der Waals surface area contributed by atoms with Gasteiger partial charge in [-0.05, 0) is 23.9 Å². The monoisotopic (exact) mass is 376 g/mol. The molecule has 0 aliphatic carbocycles. The summed E-state index contributed by atoms with van der Waals surface area (Å²) in [6.07, 6.45) is 3.38. The van der Waals surface area contributed by atoms with E-state index in [9.17, 15) is 9.90 Å². The molecular formula is C15H20N8O2S. The van der Waals surface area contributed by atoms with Crippen LogP contribution in [0.2, 0.25) is 0 Å². The predicted octanol–water partition coefficient (Wildman–Crippen LogP) is 0.0713. The van der Waals surface area contributed by atoms with Crippen LogP contribution in [0.3, 0.4) is 0 Å². The van der Waals surface area contributed by atoms with Crippen LogP contribution in [0.1, 0.15) is 16.1 Å². The number of anilines is 1. The summed E-state index contributed by atoms with van der Waals surface area (Å²) >= 11 is 0.923. The molecule has 0 aromatic carbocycles. The number of pyridine rings is 1. The second-order valence-electron chi connectivity index (χ2n) is 5.04. The molecule has 2 rings (SSSR count). The molecule has 11 heteroatoms. The second kappa shape index (κ2) is 8.97. The lowest BCUT2D eigenvalue weighted by molar-refractivity contribution is 0.0949. The van der Waals surface area contributed by atoms with Crippen LogP contribution in [0.5, 0.6) is 0 Å². The summed E-state index contributed by atoms with van der Waals surface area (Å²) in [5.41, 5.74) is 6.73. The van der Waals surface area contributed by atoms with Crippen molar-refractivity contribution in [3.05, 3.63) is 42.1 Å².